The summed E-state index contributed by atoms with van der Waals surface area (Å²) >= 11 is 0. The van der Waals surface area contributed by atoms with Gasteiger partial charge in [-0.25, -0.2) is 12.8 Å². The third-order valence-corrected chi connectivity index (χ3v) is 6.98. The lowest BCUT2D eigenvalue weighted by Gasteiger charge is -2.31. The van der Waals surface area contributed by atoms with Gasteiger partial charge in [-0.2, -0.15) is 0 Å². The van der Waals surface area contributed by atoms with E-state index in [1.54, 1.807) is 38.1 Å². The average molecular weight is 542 g/mol. The van der Waals surface area contributed by atoms with Gasteiger partial charge >= 0.3 is 0 Å². The van der Waals surface area contributed by atoms with Crippen LogP contribution in [0.3, 0.4) is 0 Å². The van der Waals surface area contributed by atoms with Gasteiger partial charge in [-0.15, -0.1) is 0 Å². The topological polar surface area (TPSA) is 96.0 Å². The molecule has 0 heterocycles. The number of carbonyl (C=O) groups excluding carboxylic acids is 2. The van der Waals surface area contributed by atoms with Crippen LogP contribution in [-0.4, -0.2) is 50.5 Å². The lowest BCUT2D eigenvalue weighted by atomic mass is 10.1. The minimum Gasteiger partial charge on any atom is -0.489 e. The minimum absolute atomic E-state index is 0.00127. The number of nitrogens with one attached hydrogen (secondary N) is 1. The van der Waals surface area contributed by atoms with Crippen molar-refractivity contribution >= 4 is 27.5 Å². The van der Waals surface area contributed by atoms with Gasteiger partial charge in [0.1, 0.15) is 30.8 Å². The summed E-state index contributed by atoms with van der Waals surface area (Å²) in [5.41, 5.74) is 1.87. The number of anilines is 1. The number of hydrogen-bond donors (Lipinski definition) is 1. The molecule has 0 bridgehead atoms. The summed E-state index contributed by atoms with van der Waals surface area (Å²) in [5.74, 6) is -0.847. The molecule has 0 radical (unpaired) electrons. The van der Waals surface area contributed by atoms with E-state index in [4.69, 9.17) is 4.74 Å². The van der Waals surface area contributed by atoms with E-state index in [-0.39, 0.29) is 18.1 Å². The number of rotatable bonds is 12. The molecule has 1 N–H and O–H groups in total. The van der Waals surface area contributed by atoms with Crippen molar-refractivity contribution in [2.24, 2.45) is 0 Å². The Morgan fingerprint density at radius 3 is 2.16 bits per heavy atom. The number of likely N-dealkylation sites (N-methyl/N-ethyl adjacent to an activating group) is 1. The molecule has 0 saturated carbocycles. The molecular formula is C28H32FN3O5S. The normalized spacial score (nSPS) is 11.9. The van der Waals surface area contributed by atoms with Gasteiger partial charge in [0, 0.05) is 13.1 Å². The fourth-order valence-corrected chi connectivity index (χ4v) is 4.60. The highest BCUT2D eigenvalue weighted by Gasteiger charge is 2.30. The van der Waals surface area contributed by atoms with Crippen molar-refractivity contribution < 1.29 is 27.1 Å². The SMILES string of the molecule is CCNC(=O)[C@@H](C)N(Cc1ccc(F)cc1)C(=O)CN(c1ccc(OCc2ccccc2)cc1)S(C)(=O)=O. The molecule has 0 aromatic heterocycles. The van der Waals surface area contributed by atoms with Gasteiger partial charge in [-0.1, -0.05) is 42.5 Å². The molecule has 1 atom stereocenters. The van der Waals surface area contributed by atoms with Crippen LogP contribution in [0, 0.1) is 5.82 Å². The summed E-state index contributed by atoms with van der Waals surface area (Å²) in [6.07, 6.45) is 1.01. The number of hydrogen-bond acceptors (Lipinski definition) is 5. The zero-order valence-electron chi connectivity index (χ0n) is 21.6. The van der Waals surface area contributed by atoms with Crippen molar-refractivity contribution in [3.63, 3.8) is 0 Å². The molecule has 8 nitrogen and oxygen atoms in total. The van der Waals surface area contributed by atoms with Crippen molar-refractivity contribution in [1.29, 1.82) is 0 Å². The number of carbonyl (C=O) groups is 2. The summed E-state index contributed by atoms with van der Waals surface area (Å²) in [6.45, 7) is 3.53. The number of benzene rings is 3. The maximum Gasteiger partial charge on any atom is 0.244 e. The predicted molar refractivity (Wildman–Crippen MR) is 145 cm³/mol. The van der Waals surface area contributed by atoms with Gasteiger partial charge in [0.05, 0.1) is 11.9 Å². The Bertz CT molecular complexity index is 1320. The van der Waals surface area contributed by atoms with Crippen LogP contribution in [0.5, 0.6) is 5.75 Å². The van der Waals surface area contributed by atoms with Crippen LogP contribution in [0.1, 0.15) is 25.0 Å². The summed E-state index contributed by atoms with van der Waals surface area (Å²) in [7, 11) is -3.85. The van der Waals surface area contributed by atoms with Gasteiger partial charge in [0.2, 0.25) is 21.8 Å². The molecule has 202 valence electrons. The third kappa shape index (κ3) is 8.04. The van der Waals surface area contributed by atoms with Gasteiger partial charge in [0.15, 0.2) is 0 Å². The Labute approximate surface area is 223 Å². The number of sulfonamides is 1. The van der Waals surface area contributed by atoms with Crippen molar-refractivity contribution in [1.82, 2.24) is 10.2 Å². The molecule has 10 heteroatoms. The van der Waals surface area contributed by atoms with Crippen LogP contribution < -0.4 is 14.4 Å². The second kappa shape index (κ2) is 13.0. The molecule has 3 aromatic rings. The first-order valence-corrected chi connectivity index (χ1v) is 14.0. The summed E-state index contributed by atoms with van der Waals surface area (Å²) in [6, 6.07) is 20.7. The Hall–Kier alpha value is -3.92. The first-order chi connectivity index (χ1) is 18.1. The molecule has 0 aliphatic carbocycles. The van der Waals surface area contributed by atoms with Crippen LogP contribution in [-0.2, 0) is 32.8 Å². The smallest absolute Gasteiger partial charge is 0.244 e. The molecule has 0 unspecified atom stereocenters. The third-order valence-electron chi connectivity index (χ3n) is 5.84. The maximum absolute atomic E-state index is 13.5. The molecule has 0 aliphatic rings. The van der Waals surface area contributed by atoms with E-state index in [1.807, 2.05) is 30.3 Å². The Kier molecular flexibility index (Phi) is 9.84. The molecule has 3 rings (SSSR count). The van der Waals surface area contributed by atoms with Crippen molar-refractivity contribution in [3.8, 4) is 5.75 Å². The zero-order chi connectivity index (χ0) is 27.7. The molecule has 0 saturated heterocycles. The number of amides is 2. The second-order valence-electron chi connectivity index (χ2n) is 8.76. The van der Waals surface area contributed by atoms with Crippen LogP contribution in [0.15, 0.2) is 78.9 Å². The van der Waals surface area contributed by atoms with Crippen molar-refractivity contribution in [3.05, 3.63) is 95.8 Å². The first kappa shape index (κ1) is 28.6. The molecule has 0 fully saturated rings. The average Bonchev–Trinajstić information content (AvgIpc) is 2.90. The summed E-state index contributed by atoms with van der Waals surface area (Å²) in [4.78, 5) is 27.3. The lowest BCUT2D eigenvalue weighted by molar-refractivity contribution is -0.139. The standard InChI is InChI=1S/C28H32FN3O5S/c1-4-30-28(34)21(2)31(18-22-10-12-24(29)13-11-22)27(33)19-32(38(3,35)36)25-14-16-26(17-15-25)37-20-23-8-6-5-7-9-23/h5-17,21H,4,18-20H2,1-3H3,(H,30,34)/t21-/m1/s1. The Morgan fingerprint density at radius 2 is 1.58 bits per heavy atom. The summed E-state index contributed by atoms with van der Waals surface area (Å²) < 4.78 is 45.5. The quantitative estimate of drug-likeness (QED) is 0.377. The van der Waals surface area contributed by atoms with Crippen LogP contribution in [0.4, 0.5) is 10.1 Å². The van der Waals surface area contributed by atoms with Crippen LogP contribution in [0.2, 0.25) is 0 Å². The predicted octanol–water partition coefficient (Wildman–Crippen LogP) is 3.72. The van der Waals surface area contributed by atoms with E-state index in [2.05, 4.69) is 5.32 Å². The Balaban J connectivity index is 1.80. The highest BCUT2D eigenvalue weighted by molar-refractivity contribution is 7.92. The molecule has 38 heavy (non-hydrogen) atoms. The minimum atomic E-state index is -3.85. The van der Waals surface area contributed by atoms with E-state index in [1.165, 1.54) is 29.2 Å². The summed E-state index contributed by atoms with van der Waals surface area (Å²) in [5, 5.41) is 2.68. The Morgan fingerprint density at radius 1 is 0.947 bits per heavy atom. The molecule has 2 amide bonds. The number of nitrogens with zero attached hydrogens (tertiary/aromatic N) is 2. The van der Waals surface area contributed by atoms with Gasteiger partial charge in [0.25, 0.3) is 0 Å². The highest BCUT2D eigenvalue weighted by atomic mass is 32.2. The van der Waals surface area contributed by atoms with Gasteiger partial charge in [-0.05, 0) is 61.4 Å². The molecule has 0 spiro atoms. The van der Waals surface area contributed by atoms with Crippen molar-refractivity contribution in [2.75, 3.05) is 23.7 Å². The highest BCUT2D eigenvalue weighted by Crippen LogP contribution is 2.23. The maximum atomic E-state index is 13.5. The zero-order valence-corrected chi connectivity index (χ0v) is 22.4. The molecule has 3 aromatic carbocycles. The van der Waals surface area contributed by atoms with Crippen LogP contribution in [0.25, 0.3) is 0 Å². The monoisotopic (exact) mass is 541 g/mol. The van der Waals surface area contributed by atoms with E-state index in [9.17, 15) is 22.4 Å². The van der Waals surface area contributed by atoms with Crippen LogP contribution >= 0.6 is 0 Å². The van der Waals surface area contributed by atoms with E-state index < -0.39 is 34.3 Å². The second-order valence-corrected chi connectivity index (χ2v) is 10.7. The molecular weight excluding hydrogens is 509 g/mol. The number of ether oxygens (including phenoxy) is 1. The van der Waals surface area contributed by atoms with E-state index in [0.29, 0.717) is 24.5 Å². The fraction of sp³-hybridized carbons (Fsp3) is 0.286. The first-order valence-electron chi connectivity index (χ1n) is 12.1. The largest absolute Gasteiger partial charge is 0.489 e. The number of halogens is 1. The van der Waals surface area contributed by atoms with Gasteiger partial charge < -0.3 is 15.0 Å². The van der Waals surface area contributed by atoms with E-state index >= 15 is 0 Å². The van der Waals surface area contributed by atoms with Gasteiger partial charge in [-0.3, -0.25) is 13.9 Å². The van der Waals surface area contributed by atoms with Crippen molar-refractivity contribution in [2.45, 2.75) is 33.0 Å². The molecule has 0 aliphatic heterocycles. The lowest BCUT2D eigenvalue weighted by Crippen LogP contribution is -2.51. The fourth-order valence-electron chi connectivity index (χ4n) is 3.75. The van der Waals surface area contributed by atoms with E-state index in [0.717, 1.165) is 16.1 Å².